The van der Waals surface area contributed by atoms with E-state index < -0.39 is 28.4 Å². The van der Waals surface area contributed by atoms with E-state index in [1.807, 2.05) is 0 Å². The van der Waals surface area contributed by atoms with Crippen LogP contribution in [-0.4, -0.2) is 22.4 Å². The first kappa shape index (κ1) is 17.2. The number of amides is 1. The normalized spacial score (nSPS) is 12.7. The highest BCUT2D eigenvalue weighted by molar-refractivity contribution is 7.85. The summed E-state index contributed by atoms with van der Waals surface area (Å²) < 4.78 is 49.8. The first-order valence-electron chi connectivity index (χ1n) is 6.77. The molecule has 0 unspecified atom stereocenters. The van der Waals surface area contributed by atoms with E-state index in [1.54, 1.807) is 30.3 Å². The van der Waals surface area contributed by atoms with Crippen LogP contribution in [0.15, 0.2) is 59.5 Å². The average Bonchev–Trinajstić information content (AvgIpc) is 2.54. The molecular weight excluding hydrogens is 327 g/mol. The molecule has 23 heavy (non-hydrogen) atoms. The maximum atomic E-state index is 12.6. The Kier molecular flexibility index (Phi) is 5.54. The fraction of sp³-hybridized carbons (Fsp3) is 0.188. The van der Waals surface area contributed by atoms with Gasteiger partial charge >= 0.3 is 6.18 Å². The van der Waals surface area contributed by atoms with Gasteiger partial charge in [-0.15, -0.1) is 0 Å². The fourth-order valence-corrected chi connectivity index (χ4v) is 2.87. The highest BCUT2D eigenvalue weighted by Gasteiger charge is 2.30. The SMILES string of the molecule is O=C(NCC[S@@](=O)c1ccccc1)c1cccc(C(F)(F)F)c1. The van der Waals surface area contributed by atoms with Gasteiger partial charge in [-0.3, -0.25) is 9.00 Å². The topological polar surface area (TPSA) is 46.2 Å². The van der Waals surface area contributed by atoms with Gasteiger partial charge in [0, 0.05) is 22.8 Å². The summed E-state index contributed by atoms with van der Waals surface area (Å²) in [5.74, 6) is -0.435. The van der Waals surface area contributed by atoms with E-state index in [0.29, 0.717) is 4.90 Å². The van der Waals surface area contributed by atoms with Crippen molar-refractivity contribution in [2.45, 2.75) is 11.1 Å². The van der Waals surface area contributed by atoms with Crippen LogP contribution in [0.5, 0.6) is 0 Å². The highest BCUT2D eigenvalue weighted by Crippen LogP contribution is 2.29. The highest BCUT2D eigenvalue weighted by atomic mass is 32.2. The number of hydrogen-bond donors (Lipinski definition) is 1. The fourth-order valence-electron chi connectivity index (χ4n) is 1.89. The summed E-state index contributed by atoms with van der Waals surface area (Å²) in [6.07, 6.45) is -4.49. The van der Waals surface area contributed by atoms with Crippen molar-refractivity contribution in [3.63, 3.8) is 0 Å². The van der Waals surface area contributed by atoms with Gasteiger partial charge in [0.25, 0.3) is 5.91 Å². The summed E-state index contributed by atoms with van der Waals surface area (Å²) in [6, 6.07) is 12.9. The molecule has 0 radical (unpaired) electrons. The zero-order chi connectivity index (χ0) is 16.9. The Morgan fingerprint density at radius 3 is 2.39 bits per heavy atom. The molecule has 0 heterocycles. The standard InChI is InChI=1S/C16H14F3NO2S/c17-16(18,19)13-6-4-5-12(11-13)15(21)20-9-10-23(22)14-7-2-1-3-8-14/h1-8,11H,9-10H2,(H,20,21)/t23-/m1/s1. The molecule has 1 N–H and O–H groups in total. The van der Waals surface area contributed by atoms with Gasteiger partial charge in [-0.2, -0.15) is 13.2 Å². The molecule has 0 saturated heterocycles. The molecule has 0 fully saturated rings. The monoisotopic (exact) mass is 341 g/mol. The van der Waals surface area contributed by atoms with E-state index in [0.717, 1.165) is 12.1 Å². The Morgan fingerprint density at radius 2 is 1.74 bits per heavy atom. The maximum absolute atomic E-state index is 12.6. The van der Waals surface area contributed by atoms with Crippen molar-refractivity contribution in [3.8, 4) is 0 Å². The summed E-state index contributed by atoms with van der Waals surface area (Å²) in [7, 11) is -1.27. The molecule has 3 nitrogen and oxygen atoms in total. The molecule has 1 amide bonds. The minimum absolute atomic E-state index is 0.0784. The average molecular weight is 341 g/mol. The predicted octanol–water partition coefficient (Wildman–Crippen LogP) is 3.24. The number of carbonyl (C=O) groups excluding carboxylic acids is 1. The lowest BCUT2D eigenvalue weighted by molar-refractivity contribution is -0.137. The number of halogens is 3. The van der Waals surface area contributed by atoms with Crippen LogP contribution in [0.4, 0.5) is 13.2 Å². The summed E-state index contributed by atoms with van der Waals surface area (Å²) in [4.78, 5) is 12.5. The van der Waals surface area contributed by atoms with Gasteiger partial charge in [0.05, 0.1) is 16.4 Å². The van der Waals surface area contributed by atoms with E-state index in [9.17, 15) is 22.2 Å². The molecule has 0 aliphatic heterocycles. The summed E-state index contributed by atoms with van der Waals surface area (Å²) in [5, 5.41) is 2.48. The van der Waals surface area contributed by atoms with Crippen LogP contribution in [0.2, 0.25) is 0 Å². The van der Waals surface area contributed by atoms with Crippen molar-refractivity contribution >= 4 is 16.7 Å². The predicted molar refractivity (Wildman–Crippen MR) is 81.5 cm³/mol. The molecule has 0 aliphatic rings. The molecule has 122 valence electrons. The van der Waals surface area contributed by atoms with Gasteiger partial charge in [-0.25, -0.2) is 0 Å². The molecule has 2 rings (SSSR count). The molecule has 0 aliphatic carbocycles. The molecule has 7 heteroatoms. The second-order valence-corrected chi connectivity index (χ2v) is 6.27. The quantitative estimate of drug-likeness (QED) is 0.907. The van der Waals surface area contributed by atoms with Gasteiger partial charge in [0.1, 0.15) is 0 Å². The third kappa shape index (κ3) is 4.92. The third-order valence-electron chi connectivity index (χ3n) is 3.03. The zero-order valence-corrected chi connectivity index (χ0v) is 12.8. The smallest absolute Gasteiger partial charge is 0.351 e. The van der Waals surface area contributed by atoms with Gasteiger partial charge in [-0.05, 0) is 30.3 Å². The Balaban J connectivity index is 1.92. The van der Waals surface area contributed by atoms with Crippen molar-refractivity contribution in [2.75, 3.05) is 12.3 Å². The van der Waals surface area contributed by atoms with Crippen LogP contribution in [0.25, 0.3) is 0 Å². The van der Waals surface area contributed by atoms with Crippen LogP contribution in [0, 0.1) is 0 Å². The minimum Gasteiger partial charge on any atom is -0.351 e. The Labute approximate surface area is 134 Å². The Bertz CT molecular complexity index is 702. The summed E-state index contributed by atoms with van der Waals surface area (Å²) >= 11 is 0. The lowest BCUT2D eigenvalue weighted by Gasteiger charge is -2.09. The van der Waals surface area contributed by atoms with Crippen molar-refractivity contribution in [3.05, 3.63) is 65.7 Å². The number of benzene rings is 2. The molecule has 1 atom stereocenters. The number of carbonyl (C=O) groups is 1. The lowest BCUT2D eigenvalue weighted by atomic mass is 10.1. The van der Waals surface area contributed by atoms with Gasteiger partial charge in [-0.1, -0.05) is 24.3 Å². The van der Waals surface area contributed by atoms with E-state index in [4.69, 9.17) is 0 Å². The minimum atomic E-state index is -4.49. The van der Waals surface area contributed by atoms with Crippen LogP contribution in [0.1, 0.15) is 15.9 Å². The van der Waals surface area contributed by atoms with Crippen LogP contribution in [-0.2, 0) is 17.0 Å². The van der Waals surface area contributed by atoms with Crippen LogP contribution in [0.3, 0.4) is 0 Å². The lowest BCUT2D eigenvalue weighted by Crippen LogP contribution is -2.28. The molecule has 2 aromatic rings. The Hall–Kier alpha value is -2.15. The van der Waals surface area contributed by atoms with Gasteiger partial charge in [0.2, 0.25) is 0 Å². The largest absolute Gasteiger partial charge is 0.416 e. The van der Waals surface area contributed by atoms with Gasteiger partial charge in [0.15, 0.2) is 0 Å². The van der Waals surface area contributed by atoms with Crippen LogP contribution >= 0.6 is 0 Å². The molecule has 0 saturated carbocycles. The van der Waals surface area contributed by atoms with Gasteiger partial charge < -0.3 is 5.32 Å². The first-order valence-corrected chi connectivity index (χ1v) is 8.09. The summed E-state index contributed by atoms with van der Waals surface area (Å²) in [6.45, 7) is 0.108. The third-order valence-corrected chi connectivity index (χ3v) is 4.40. The number of rotatable bonds is 5. The zero-order valence-electron chi connectivity index (χ0n) is 12.0. The second kappa shape index (κ2) is 7.41. The van der Waals surface area contributed by atoms with E-state index >= 15 is 0 Å². The molecule has 2 aromatic carbocycles. The number of alkyl halides is 3. The maximum Gasteiger partial charge on any atom is 0.416 e. The molecule has 0 spiro atoms. The number of nitrogens with one attached hydrogen (secondary N) is 1. The number of hydrogen-bond acceptors (Lipinski definition) is 2. The van der Waals surface area contributed by atoms with Crippen LogP contribution < -0.4 is 5.32 Å². The molecule has 0 aromatic heterocycles. The van der Waals surface area contributed by atoms with E-state index in [2.05, 4.69) is 5.32 Å². The van der Waals surface area contributed by atoms with E-state index in [1.165, 1.54) is 12.1 Å². The van der Waals surface area contributed by atoms with E-state index in [-0.39, 0.29) is 17.9 Å². The van der Waals surface area contributed by atoms with Crippen molar-refractivity contribution in [2.24, 2.45) is 0 Å². The first-order chi connectivity index (χ1) is 10.9. The summed E-state index contributed by atoms with van der Waals surface area (Å²) in [5.41, 5.74) is -0.955. The molecular formula is C16H14F3NO2S. The van der Waals surface area contributed by atoms with Crippen molar-refractivity contribution < 1.29 is 22.2 Å². The van der Waals surface area contributed by atoms with Crippen molar-refractivity contribution in [1.82, 2.24) is 5.32 Å². The van der Waals surface area contributed by atoms with Crippen molar-refractivity contribution in [1.29, 1.82) is 0 Å². The second-order valence-electron chi connectivity index (χ2n) is 4.70. The molecule has 0 bridgehead atoms. The Morgan fingerprint density at radius 1 is 1.04 bits per heavy atom.